The molecule has 2 aliphatic rings. The van der Waals surface area contributed by atoms with E-state index >= 15 is 0 Å². The van der Waals surface area contributed by atoms with Crippen LogP contribution in [0.2, 0.25) is 0 Å². The quantitative estimate of drug-likeness (QED) is 0.594. The number of benzene rings is 1. The number of amides is 1. The van der Waals surface area contributed by atoms with Crippen LogP contribution in [0.3, 0.4) is 0 Å². The van der Waals surface area contributed by atoms with Gasteiger partial charge in [0, 0.05) is 31.2 Å². The van der Waals surface area contributed by atoms with Crippen LogP contribution < -0.4 is 10.2 Å². The average Bonchev–Trinajstić information content (AvgIpc) is 2.80. The summed E-state index contributed by atoms with van der Waals surface area (Å²) in [7, 11) is 2.06. The van der Waals surface area contributed by atoms with Gasteiger partial charge >= 0.3 is 0 Å². The molecule has 0 aliphatic carbocycles. The first kappa shape index (κ1) is 23.4. The van der Waals surface area contributed by atoms with E-state index in [9.17, 15) is 14.0 Å². The molecule has 0 atom stereocenters. The van der Waals surface area contributed by atoms with Crippen molar-refractivity contribution in [2.45, 2.75) is 25.2 Å². The normalized spacial score (nSPS) is 15.8. The summed E-state index contributed by atoms with van der Waals surface area (Å²) in [5, 5.41) is 2.86. The SMILES string of the molecule is CN1CCCc2nc(C3(C(=O)Nc4ccc(F)cc4)COC3)ccc21.Cc1ccnc(C=O)n1. The van der Waals surface area contributed by atoms with Crippen LogP contribution in [0, 0.1) is 12.7 Å². The molecule has 0 radical (unpaired) electrons. The number of rotatable bonds is 4. The van der Waals surface area contributed by atoms with Crippen molar-refractivity contribution in [3.63, 3.8) is 0 Å². The highest BCUT2D eigenvalue weighted by atomic mass is 19.1. The van der Waals surface area contributed by atoms with Crippen molar-refractivity contribution in [1.82, 2.24) is 15.0 Å². The number of pyridine rings is 1. The van der Waals surface area contributed by atoms with Gasteiger partial charge in [-0.3, -0.25) is 14.6 Å². The first-order chi connectivity index (χ1) is 16.4. The largest absolute Gasteiger partial charge is 0.378 e. The maximum absolute atomic E-state index is 13.0. The van der Waals surface area contributed by atoms with Crippen LogP contribution in [0.5, 0.6) is 0 Å². The van der Waals surface area contributed by atoms with E-state index in [2.05, 4.69) is 27.2 Å². The molecule has 1 amide bonds. The van der Waals surface area contributed by atoms with Gasteiger partial charge in [-0.1, -0.05) is 0 Å². The molecule has 0 saturated carbocycles. The van der Waals surface area contributed by atoms with Gasteiger partial charge in [-0.25, -0.2) is 14.4 Å². The lowest BCUT2D eigenvalue weighted by molar-refractivity contribution is -0.140. The van der Waals surface area contributed by atoms with E-state index < -0.39 is 5.41 Å². The van der Waals surface area contributed by atoms with E-state index in [0.29, 0.717) is 25.2 Å². The number of aromatic nitrogens is 3. The standard InChI is InChI=1S/C19H20FN3O2.C6H6N2O/c1-23-10-2-3-15-16(23)8-9-17(22-15)19(11-25-12-19)18(24)21-14-6-4-13(20)5-7-14;1-5-2-3-7-6(4-9)8-5/h4-9H,2-3,10-12H2,1H3,(H,21,24);2-4H,1H3. The van der Waals surface area contributed by atoms with E-state index in [1.54, 1.807) is 24.4 Å². The molecule has 0 unspecified atom stereocenters. The molecule has 34 heavy (non-hydrogen) atoms. The number of carbonyl (C=O) groups excluding carboxylic acids is 2. The Balaban J connectivity index is 0.000000257. The predicted octanol–water partition coefficient (Wildman–Crippen LogP) is 3.11. The van der Waals surface area contributed by atoms with Gasteiger partial charge in [-0.15, -0.1) is 0 Å². The van der Waals surface area contributed by atoms with Crippen molar-refractivity contribution >= 4 is 23.6 Å². The number of hydrogen-bond acceptors (Lipinski definition) is 7. The number of aryl methyl sites for hydroxylation is 2. The first-order valence-corrected chi connectivity index (χ1v) is 11.0. The summed E-state index contributed by atoms with van der Waals surface area (Å²) in [5.74, 6) is -0.253. The second kappa shape index (κ2) is 10.0. The van der Waals surface area contributed by atoms with Crippen LogP contribution in [0.25, 0.3) is 0 Å². The molecule has 1 N–H and O–H groups in total. The summed E-state index contributed by atoms with van der Waals surface area (Å²) in [6, 6.07) is 11.5. The van der Waals surface area contributed by atoms with Crippen molar-refractivity contribution < 1.29 is 18.7 Å². The molecule has 1 aromatic carbocycles. The third-order valence-electron chi connectivity index (χ3n) is 5.91. The number of carbonyl (C=O) groups is 2. The molecule has 1 saturated heterocycles. The lowest BCUT2D eigenvalue weighted by Crippen LogP contribution is -2.56. The third-order valence-corrected chi connectivity index (χ3v) is 5.91. The Morgan fingerprint density at radius 3 is 2.53 bits per heavy atom. The highest BCUT2D eigenvalue weighted by Crippen LogP contribution is 2.35. The summed E-state index contributed by atoms with van der Waals surface area (Å²) in [4.78, 5) is 37.4. The maximum Gasteiger partial charge on any atom is 0.241 e. The average molecular weight is 464 g/mol. The molecule has 2 aliphatic heterocycles. The molecule has 3 aromatic rings. The topological polar surface area (TPSA) is 97.3 Å². The van der Waals surface area contributed by atoms with Crippen LogP contribution in [-0.2, 0) is 21.4 Å². The molecular weight excluding hydrogens is 437 g/mol. The monoisotopic (exact) mass is 463 g/mol. The summed E-state index contributed by atoms with van der Waals surface area (Å²) in [5.41, 5.74) is 3.51. The highest BCUT2D eigenvalue weighted by Gasteiger charge is 2.49. The summed E-state index contributed by atoms with van der Waals surface area (Å²) >= 11 is 0. The van der Waals surface area contributed by atoms with Gasteiger partial charge in [0.2, 0.25) is 5.91 Å². The van der Waals surface area contributed by atoms with Crippen molar-refractivity contribution in [1.29, 1.82) is 0 Å². The molecule has 5 rings (SSSR count). The Bertz CT molecular complexity index is 1180. The minimum Gasteiger partial charge on any atom is -0.378 e. The van der Waals surface area contributed by atoms with E-state index in [1.807, 2.05) is 19.1 Å². The van der Waals surface area contributed by atoms with Gasteiger partial charge < -0.3 is 15.0 Å². The fraction of sp³-hybridized carbons (Fsp3) is 0.320. The number of halogens is 1. The molecule has 176 valence electrons. The zero-order chi connectivity index (χ0) is 24.1. The van der Waals surface area contributed by atoms with Crippen LogP contribution in [0.1, 0.15) is 34.1 Å². The van der Waals surface area contributed by atoms with Gasteiger partial charge in [0.1, 0.15) is 11.2 Å². The lowest BCUT2D eigenvalue weighted by atomic mass is 9.80. The number of aldehydes is 1. The van der Waals surface area contributed by atoms with Crippen molar-refractivity contribution in [2.24, 2.45) is 0 Å². The van der Waals surface area contributed by atoms with Gasteiger partial charge in [0.15, 0.2) is 12.1 Å². The molecule has 0 bridgehead atoms. The second-order valence-electron chi connectivity index (χ2n) is 8.40. The van der Waals surface area contributed by atoms with Crippen molar-refractivity contribution in [2.75, 3.05) is 37.0 Å². The second-order valence-corrected chi connectivity index (χ2v) is 8.40. The molecular formula is C25H26FN5O3. The van der Waals surface area contributed by atoms with E-state index in [0.717, 1.165) is 42.2 Å². The summed E-state index contributed by atoms with van der Waals surface area (Å²) in [6.45, 7) is 3.45. The van der Waals surface area contributed by atoms with Crippen LogP contribution in [0.15, 0.2) is 48.7 Å². The Morgan fingerprint density at radius 1 is 1.15 bits per heavy atom. The molecule has 8 nitrogen and oxygen atoms in total. The molecule has 2 aromatic heterocycles. The van der Waals surface area contributed by atoms with Crippen molar-refractivity contribution in [3.05, 3.63) is 77.4 Å². The summed E-state index contributed by atoms with van der Waals surface area (Å²) < 4.78 is 18.4. The fourth-order valence-electron chi connectivity index (χ4n) is 3.91. The van der Waals surface area contributed by atoms with Crippen molar-refractivity contribution in [3.8, 4) is 0 Å². The van der Waals surface area contributed by atoms with Crippen LogP contribution in [-0.4, -0.2) is 54.0 Å². The Hall–Kier alpha value is -3.72. The zero-order valence-corrected chi connectivity index (χ0v) is 19.1. The number of nitrogens with one attached hydrogen (secondary N) is 1. The van der Waals surface area contributed by atoms with Gasteiger partial charge in [-0.05, 0) is 62.2 Å². The Labute approximate surface area is 197 Å². The predicted molar refractivity (Wildman–Crippen MR) is 126 cm³/mol. The van der Waals surface area contributed by atoms with Crippen LogP contribution >= 0.6 is 0 Å². The van der Waals surface area contributed by atoms with Gasteiger partial charge in [0.05, 0.1) is 30.3 Å². The zero-order valence-electron chi connectivity index (χ0n) is 19.1. The van der Waals surface area contributed by atoms with Crippen LogP contribution in [0.4, 0.5) is 15.8 Å². The molecule has 1 fully saturated rings. The minimum atomic E-state index is -0.778. The molecule has 0 spiro atoms. The first-order valence-electron chi connectivity index (χ1n) is 11.0. The third kappa shape index (κ3) is 4.94. The number of ether oxygens (including phenoxy) is 1. The fourth-order valence-corrected chi connectivity index (χ4v) is 3.91. The maximum atomic E-state index is 13.0. The Kier molecular flexibility index (Phi) is 6.93. The minimum absolute atomic E-state index is 0.165. The number of nitrogens with zero attached hydrogens (tertiary/aromatic N) is 4. The molecule has 4 heterocycles. The Morgan fingerprint density at radius 2 is 1.91 bits per heavy atom. The summed E-state index contributed by atoms with van der Waals surface area (Å²) in [6.07, 6.45) is 4.17. The van der Waals surface area contributed by atoms with Gasteiger partial charge in [-0.2, -0.15) is 0 Å². The van der Waals surface area contributed by atoms with E-state index in [4.69, 9.17) is 9.72 Å². The van der Waals surface area contributed by atoms with E-state index in [-0.39, 0.29) is 17.5 Å². The van der Waals surface area contributed by atoms with Gasteiger partial charge in [0.25, 0.3) is 0 Å². The highest BCUT2D eigenvalue weighted by molar-refractivity contribution is 5.99. The number of hydrogen-bond donors (Lipinski definition) is 1. The number of anilines is 2. The smallest absolute Gasteiger partial charge is 0.241 e. The molecule has 9 heteroatoms. The number of fused-ring (bicyclic) bond motifs is 1. The van der Waals surface area contributed by atoms with E-state index in [1.165, 1.54) is 12.1 Å². The lowest BCUT2D eigenvalue weighted by Gasteiger charge is -2.40.